The normalized spacial score (nSPS) is 17.7. The molecule has 2 fully saturated rings. The van der Waals surface area contributed by atoms with Crippen LogP contribution in [0.3, 0.4) is 0 Å². The summed E-state index contributed by atoms with van der Waals surface area (Å²) >= 11 is 0. The predicted molar refractivity (Wildman–Crippen MR) is 91.4 cm³/mol. The number of carbonyl (C=O) groups excluding carboxylic acids is 2. The summed E-state index contributed by atoms with van der Waals surface area (Å²) in [5.41, 5.74) is 1.50. The quantitative estimate of drug-likeness (QED) is 0.745. The first-order valence-electron chi connectivity index (χ1n) is 8.66. The van der Waals surface area contributed by atoms with E-state index in [2.05, 4.69) is 16.0 Å². The maximum Gasteiger partial charge on any atom is 0.319 e. The molecule has 23 heavy (non-hydrogen) atoms. The van der Waals surface area contributed by atoms with Crippen LogP contribution in [0.2, 0.25) is 0 Å². The van der Waals surface area contributed by atoms with Gasteiger partial charge in [0.15, 0.2) is 0 Å². The van der Waals surface area contributed by atoms with Crippen molar-refractivity contribution in [1.29, 1.82) is 0 Å². The van der Waals surface area contributed by atoms with Crippen LogP contribution in [0.1, 0.15) is 51.4 Å². The maximum absolute atomic E-state index is 12.0. The Morgan fingerprint density at radius 1 is 0.913 bits per heavy atom. The number of rotatable bonds is 6. The van der Waals surface area contributed by atoms with Crippen LogP contribution in [0.4, 0.5) is 16.2 Å². The van der Waals surface area contributed by atoms with Gasteiger partial charge in [0.05, 0.1) is 0 Å². The van der Waals surface area contributed by atoms with E-state index in [0.717, 1.165) is 36.6 Å². The fourth-order valence-electron chi connectivity index (χ4n) is 3.07. The molecule has 0 bridgehead atoms. The molecule has 124 valence electrons. The van der Waals surface area contributed by atoms with Crippen molar-refractivity contribution < 1.29 is 9.59 Å². The average molecular weight is 315 g/mol. The summed E-state index contributed by atoms with van der Waals surface area (Å²) in [6, 6.07) is 7.42. The molecular formula is C18H25N3O2. The first-order valence-corrected chi connectivity index (χ1v) is 8.66. The molecule has 5 heteroatoms. The first-order chi connectivity index (χ1) is 11.2. The number of hydrogen-bond acceptors (Lipinski definition) is 2. The molecule has 2 aliphatic carbocycles. The van der Waals surface area contributed by atoms with Crippen LogP contribution < -0.4 is 16.0 Å². The Bertz CT molecular complexity index is 546. The van der Waals surface area contributed by atoms with Crippen molar-refractivity contribution in [2.45, 2.75) is 57.4 Å². The standard InChI is InChI=1S/C18H25N3O2/c22-17(12-5-13-3-1-2-4-13)19-14-6-8-15(9-7-14)20-18(23)21-16-10-11-16/h6-9,13,16H,1-5,10-12H2,(H,19,22)(H2,20,21,23). The van der Waals surface area contributed by atoms with Crippen molar-refractivity contribution >= 4 is 23.3 Å². The molecule has 5 nitrogen and oxygen atoms in total. The van der Waals surface area contributed by atoms with Gasteiger partial charge in [-0.3, -0.25) is 4.79 Å². The topological polar surface area (TPSA) is 70.2 Å². The molecule has 0 aliphatic heterocycles. The van der Waals surface area contributed by atoms with Gasteiger partial charge in [-0.1, -0.05) is 25.7 Å². The number of nitrogens with one attached hydrogen (secondary N) is 3. The van der Waals surface area contributed by atoms with E-state index in [1.807, 2.05) is 12.1 Å². The van der Waals surface area contributed by atoms with Gasteiger partial charge in [-0.05, 0) is 49.4 Å². The fraction of sp³-hybridized carbons (Fsp3) is 0.556. The van der Waals surface area contributed by atoms with E-state index < -0.39 is 0 Å². The second kappa shape index (κ2) is 7.49. The summed E-state index contributed by atoms with van der Waals surface area (Å²) in [4.78, 5) is 23.6. The number of hydrogen-bond donors (Lipinski definition) is 3. The van der Waals surface area contributed by atoms with Crippen LogP contribution in [-0.2, 0) is 4.79 Å². The fourth-order valence-corrected chi connectivity index (χ4v) is 3.07. The Hall–Kier alpha value is -2.04. The molecule has 3 rings (SSSR count). The van der Waals surface area contributed by atoms with E-state index in [-0.39, 0.29) is 11.9 Å². The summed E-state index contributed by atoms with van der Waals surface area (Å²) in [5.74, 6) is 0.807. The molecular weight excluding hydrogens is 290 g/mol. The van der Waals surface area contributed by atoms with Crippen molar-refractivity contribution in [3.63, 3.8) is 0 Å². The summed E-state index contributed by atoms with van der Waals surface area (Å²) in [6.45, 7) is 0. The highest BCUT2D eigenvalue weighted by molar-refractivity contribution is 5.92. The minimum Gasteiger partial charge on any atom is -0.335 e. The molecule has 1 aromatic rings. The third-order valence-corrected chi connectivity index (χ3v) is 4.59. The van der Waals surface area contributed by atoms with E-state index in [1.165, 1.54) is 25.7 Å². The molecule has 0 atom stereocenters. The number of urea groups is 1. The lowest BCUT2D eigenvalue weighted by molar-refractivity contribution is -0.116. The Kier molecular flexibility index (Phi) is 5.16. The van der Waals surface area contributed by atoms with Crippen LogP contribution in [-0.4, -0.2) is 18.0 Å². The number of benzene rings is 1. The Morgan fingerprint density at radius 3 is 2.13 bits per heavy atom. The lowest BCUT2D eigenvalue weighted by atomic mass is 10.0. The summed E-state index contributed by atoms with van der Waals surface area (Å²) in [5, 5.41) is 8.59. The lowest BCUT2D eigenvalue weighted by Gasteiger charge is -2.10. The summed E-state index contributed by atoms with van der Waals surface area (Å²) < 4.78 is 0. The zero-order valence-electron chi connectivity index (χ0n) is 13.4. The largest absolute Gasteiger partial charge is 0.335 e. The molecule has 3 amide bonds. The van der Waals surface area contributed by atoms with Gasteiger partial charge in [0.2, 0.25) is 5.91 Å². The van der Waals surface area contributed by atoms with Gasteiger partial charge in [0.25, 0.3) is 0 Å². The van der Waals surface area contributed by atoms with Crippen molar-refractivity contribution in [1.82, 2.24) is 5.32 Å². The second-order valence-corrected chi connectivity index (χ2v) is 6.69. The van der Waals surface area contributed by atoms with Gasteiger partial charge in [-0.25, -0.2) is 4.79 Å². The van der Waals surface area contributed by atoms with Gasteiger partial charge in [0.1, 0.15) is 0 Å². The molecule has 2 aliphatic rings. The highest BCUT2D eigenvalue weighted by Crippen LogP contribution is 2.28. The summed E-state index contributed by atoms with van der Waals surface area (Å²) in [7, 11) is 0. The van der Waals surface area contributed by atoms with E-state index in [1.54, 1.807) is 12.1 Å². The van der Waals surface area contributed by atoms with Crippen LogP contribution >= 0.6 is 0 Å². The van der Waals surface area contributed by atoms with E-state index in [0.29, 0.717) is 12.5 Å². The zero-order chi connectivity index (χ0) is 16.1. The van der Waals surface area contributed by atoms with Crippen molar-refractivity contribution in [3.05, 3.63) is 24.3 Å². The first kappa shape index (κ1) is 15.8. The molecule has 1 aromatic carbocycles. The minimum absolute atomic E-state index is 0.0732. The monoisotopic (exact) mass is 315 g/mol. The van der Waals surface area contributed by atoms with Crippen molar-refractivity contribution in [2.24, 2.45) is 5.92 Å². The van der Waals surface area contributed by atoms with E-state index in [4.69, 9.17) is 0 Å². The third kappa shape index (κ3) is 5.27. The second-order valence-electron chi connectivity index (χ2n) is 6.69. The average Bonchev–Trinajstić information content (AvgIpc) is 3.18. The number of amides is 3. The molecule has 0 radical (unpaired) electrons. The lowest BCUT2D eigenvalue weighted by Crippen LogP contribution is -2.30. The Morgan fingerprint density at radius 2 is 1.52 bits per heavy atom. The molecule has 0 aromatic heterocycles. The highest BCUT2D eigenvalue weighted by atomic mass is 16.2. The maximum atomic E-state index is 12.0. The van der Waals surface area contributed by atoms with Gasteiger partial charge in [0, 0.05) is 23.8 Å². The number of anilines is 2. The molecule has 0 saturated heterocycles. The van der Waals surface area contributed by atoms with Crippen LogP contribution in [0.5, 0.6) is 0 Å². The highest BCUT2D eigenvalue weighted by Gasteiger charge is 2.23. The van der Waals surface area contributed by atoms with E-state index >= 15 is 0 Å². The molecule has 2 saturated carbocycles. The SMILES string of the molecule is O=C(CCC1CCCC1)Nc1ccc(NC(=O)NC2CC2)cc1. The Labute approximate surface area is 137 Å². The van der Waals surface area contributed by atoms with Crippen molar-refractivity contribution in [2.75, 3.05) is 10.6 Å². The Balaban J connectivity index is 1.40. The molecule has 3 N–H and O–H groups in total. The smallest absolute Gasteiger partial charge is 0.319 e. The van der Waals surface area contributed by atoms with Crippen LogP contribution in [0, 0.1) is 5.92 Å². The molecule has 0 unspecified atom stereocenters. The number of carbonyl (C=O) groups is 2. The zero-order valence-corrected chi connectivity index (χ0v) is 13.4. The van der Waals surface area contributed by atoms with Crippen LogP contribution in [0.15, 0.2) is 24.3 Å². The third-order valence-electron chi connectivity index (χ3n) is 4.59. The van der Waals surface area contributed by atoms with Gasteiger partial charge in [-0.2, -0.15) is 0 Å². The predicted octanol–water partition coefficient (Wildman–Crippen LogP) is 3.88. The summed E-state index contributed by atoms with van der Waals surface area (Å²) in [6.07, 6.45) is 8.90. The van der Waals surface area contributed by atoms with Crippen molar-refractivity contribution in [3.8, 4) is 0 Å². The van der Waals surface area contributed by atoms with Gasteiger partial charge >= 0.3 is 6.03 Å². The van der Waals surface area contributed by atoms with Gasteiger partial charge < -0.3 is 16.0 Å². The molecule has 0 heterocycles. The van der Waals surface area contributed by atoms with Gasteiger partial charge in [-0.15, -0.1) is 0 Å². The minimum atomic E-state index is -0.166. The van der Waals surface area contributed by atoms with Crippen LogP contribution in [0.25, 0.3) is 0 Å². The van der Waals surface area contributed by atoms with E-state index in [9.17, 15) is 9.59 Å². The molecule has 0 spiro atoms.